The Morgan fingerprint density at radius 3 is 2.69 bits per heavy atom. The van der Waals surface area contributed by atoms with Crippen LogP contribution < -0.4 is 19.7 Å². The quantitative estimate of drug-likeness (QED) is 0.799. The molecule has 0 spiro atoms. The highest BCUT2D eigenvalue weighted by Crippen LogP contribution is 2.32. The van der Waals surface area contributed by atoms with E-state index in [1.165, 1.54) is 4.90 Å². The van der Waals surface area contributed by atoms with Gasteiger partial charge in [0.25, 0.3) is 5.91 Å². The van der Waals surface area contributed by atoms with Crippen molar-refractivity contribution < 1.29 is 28.6 Å². The second kappa shape index (κ2) is 7.83. The molecule has 2 atom stereocenters. The minimum Gasteiger partial charge on any atom is -0.485 e. The van der Waals surface area contributed by atoms with Crippen LogP contribution in [-0.2, 0) is 19.1 Å². The first-order valence-corrected chi connectivity index (χ1v) is 9.29. The average Bonchev–Trinajstić information content (AvgIpc) is 2.85. The van der Waals surface area contributed by atoms with Crippen molar-refractivity contribution in [2.45, 2.75) is 25.5 Å². The standard InChI is InChI=1S/C21H20N2O6/c1-13-10-19(24)22-14-6-2-3-7-15(14)23(13)20(25)12-28-21(26)18-11-27-16-8-4-5-9-17(16)29-18/h2-9,13,18H,10-12H2,1H3,(H,22,24)/t13-,18-/m1/s1. The number of carbonyl (C=O) groups is 3. The first kappa shape index (κ1) is 18.8. The molecule has 29 heavy (non-hydrogen) atoms. The van der Waals surface area contributed by atoms with Crippen molar-refractivity contribution in [3.8, 4) is 11.5 Å². The number of amides is 2. The predicted octanol–water partition coefficient (Wildman–Crippen LogP) is 2.13. The van der Waals surface area contributed by atoms with Gasteiger partial charge >= 0.3 is 5.97 Å². The number of ether oxygens (including phenoxy) is 3. The van der Waals surface area contributed by atoms with Gasteiger partial charge in [-0.15, -0.1) is 0 Å². The summed E-state index contributed by atoms with van der Waals surface area (Å²) in [5.74, 6) is -0.278. The fourth-order valence-electron chi connectivity index (χ4n) is 3.40. The highest BCUT2D eigenvalue weighted by atomic mass is 16.6. The van der Waals surface area contributed by atoms with E-state index in [1.54, 1.807) is 55.5 Å². The topological polar surface area (TPSA) is 94.2 Å². The molecule has 2 aromatic carbocycles. The molecule has 0 unspecified atom stereocenters. The summed E-state index contributed by atoms with van der Waals surface area (Å²) >= 11 is 0. The minimum absolute atomic E-state index is 0.00537. The first-order valence-electron chi connectivity index (χ1n) is 9.29. The van der Waals surface area contributed by atoms with E-state index in [2.05, 4.69) is 5.32 Å². The number of esters is 1. The number of hydrogen-bond acceptors (Lipinski definition) is 6. The fraction of sp³-hybridized carbons (Fsp3) is 0.286. The van der Waals surface area contributed by atoms with E-state index in [-0.39, 0.29) is 25.0 Å². The van der Waals surface area contributed by atoms with Crippen molar-refractivity contribution in [3.05, 3.63) is 48.5 Å². The summed E-state index contributed by atoms with van der Waals surface area (Å²) in [6, 6.07) is 13.6. The van der Waals surface area contributed by atoms with E-state index in [9.17, 15) is 14.4 Å². The van der Waals surface area contributed by atoms with E-state index in [1.807, 2.05) is 0 Å². The molecule has 8 heteroatoms. The van der Waals surface area contributed by atoms with Gasteiger partial charge in [-0.2, -0.15) is 0 Å². The second-order valence-corrected chi connectivity index (χ2v) is 6.85. The molecule has 2 heterocycles. The van der Waals surface area contributed by atoms with Crippen molar-refractivity contribution in [3.63, 3.8) is 0 Å². The normalized spacial score (nSPS) is 20.2. The lowest BCUT2D eigenvalue weighted by atomic mass is 10.1. The molecule has 2 aliphatic heterocycles. The van der Waals surface area contributed by atoms with Gasteiger partial charge in [-0.1, -0.05) is 24.3 Å². The third kappa shape index (κ3) is 3.87. The Bertz CT molecular complexity index is 960. The van der Waals surface area contributed by atoms with Gasteiger partial charge in [0.2, 0.25) is 12.0 Å². The van der Waals surface area contributed by atoms with Crippen molar-refractivity contribution in [2.24, 2.45) is 0 Å². The number of para-hydroxylation sites is 4. The maximum atomic E-state index is 12.9. The molecular formula is C21H20N2O6. The number of carbonyl (C=O) groups excluding carboxylic acids is 3. The number of fused-ring (bicyclic) bond motifs is 2. The highest BCUT2D eigenvalue weighted by molar-refractivity contribution is 6.05. The Morgan fingerprint density at radius 1 is 1.14 bits per heavy atom. The smallest absolute Gasteiger partial charge is 0.351 e. The lowest BCUT2D eigenvalue weighted by molar-refractivity contribution is -0.157. The van der Waals surface area contributed by atoms with E-state index in [0.29, 0.717) is 22.9 Å². The van der Waals surface area contributed by atoms with Crippen LogP contribution in [0.2, 0.25) is 0 Å². The molecule has 2 aliphatic rings. The van der Waals surface area contributed by atoms with Gasteiger partial charge in [0.15, 0.2) is 18.1 Å². The fourth-order valence-corrected chi connectivity index (χ4v) is 3.40. The summed E-state index contributed by atoms with van der Waals surface area (Å²) in [7, 11) is 0. The van der Waals surface area contributed by atoms with Crippen LogP contribution >= 0.6 is 0 Å². The number of anilines is 2. The van der Waals surface area contributed by atoms with E-state index >= 15 is 0 Å². The molecule has 0 radical (unpaired) electrons. The molecular weight excluding hydrogens is 376 g/mol. The number of rotatable bonds is 3. The van der Waals surface area contributed by atoms with Gasteiger partial charge in [0.1, 0.15) is 6.61 Å². The van der Waals surface area contributed by atoms with Gasteiger partial charge < -0.3 is 24.4 Å². The Morgan fingerprint density at radius 2 is 1.86 bits per heavy atom. The number of nitrogens with zero attached hydrogens (tertiary/aromatic N) is 1. The molecule has 0 aliphatic carbocycles. The molecule has 0 bridgehead atoms. The Labute approximate surface area is 167 Å². The Balaban J connectivity index is 1.43. The molecule has 0 fully saturated rings. The van der Waals surface area contributed by atoms with Crippen LogP contribution in [0.15, 0.2) is 48.5 Å². The molecule has 1 N–H and O–H groups in total. The number of nitrogens with one attached hydrogen (secondary N) is 1. The lowest BCUT2D eigenvalue weighted by Gasteiger charge is -2.28. The van der Waals surface area contributed by atoms with Crippen molar-refractivity contribution in [1.82, 2.24) is 0 Å². The van der Waals surface area contributed by atoms with Crippen LogP contribution in [0.3, 0.4) is 0 Å². The maximum Gasteiger partial charge on any atom is 0.351 e. The van der Waals surface area contributed by atoms with Crippen molar-refractivity contribution >= 4 is 29.2 Å². The van der Waals surface area contributed by atoms with Crippen molar-refractivity contribution in [2.75, 3.05) is 23.4 Å². The molecule has 0 saturated heterocycles. The summed E-state index contributed by atoms with van der Waals surface area (Å²) in [5, 5.41) is 2.79. The monoisotopic (exact) mass is 396 g/mol. The van der Waals surface area contributed by atoms with Crippen LogP contribution in [-0.4, -0.2) is 43.1 Å². The zero-order valence-electron chi connectivity index (χ0n) is 15.8. The van der Waals surface area contributed by atoms with Gasteiger partial charge in [0, 0.05) is 12.5 Å². The van der Waals surface area contributed by atoms with E-state index < -0.39 is 24.6 Å². The van der Waals surface area contributed by atoms with Crippen LogP contribution in [0.1, 0.15) is 13.3 Å². The maximum absolute atomic E-state index is 12.9. The van der Waals surface area contributed by atoms with Crippen LogP contribution in [0.25, 0.3) is 0 Å². The Kier molecular flexibility index (Phi) is 5.07. The zero-order valence-corrected chi connectivity index (χ0v) is 15.8. The highest BCUT2D eigenvalue weighted by Gasteiger charge is 2.32. The van der Waals surface area contributed by atoms with E-state index in [0.717, 1.165) is 0 Å². The molecule has 4 rings (SSSR count). The molecule has 0 saturated carbocycles. The zero-order chi connectivity index (χ0) is 20.4. The minimum atomic E-state index is -0.949. The largest absolute Gasteiger partial charge is 0.485 e. The number of benzene rings is 2. The average molecular weight is 396 g/mol. The van der Waals surface area contributed by atoms with Gasteiger partial charge in [-0.3, -0.25) is 9.59 Å². The Hall–Kier alpha value is -3.55. The van der Waals surface area contributed by atoms with Crippen molar-refractivity contribution in [1.29, 1.82) is 0 Å². The van der Waals surface area contributed by atoms with Crippen LogP contribution in [0.5, 0.6) is 11.5 Å². The van der Waals surface area contributed by atoms with Crippen LogP contribution in [0, 0.1) is 0 Å². The lowest BCUT2D eigenvalue weighted by Crippen LogP contribution is -2.43. The van der Waals surface area contributed by atoms with E-state index in [4.69, 9.17) is 14.2 Å². The summed E-state index contributed by atoms with van der Waals surface area (Å²) in [4.78, 5) is 38.7. The van der Waals surface area contributed by atoms with Crippen LogP contribution in [0.4, 0.5) is 11.4 Å². The molecule has 2 amide bonds. The SMILES string of the molecule is C[C@@H]1CC(=O)Nc2ccccc2N1C(=O)COC(=O)[C@H]1COc2ccccc2O1. The predicted molar refractivity (Wildman–Crippen MR) is 104 cm³/mol. The summed E-state index contributed by atoms with van der Waals surface area (Å²) in [6.07, 6.45) is -0.806. The first-order chi connectivity index (χ1) is 14.0. The van der Waals surface area contributed by atoms with Gasteiger partial charge in [0.05, 0.1) is 11.4 Å². The second-order valence-electron chi connectivity index (χ2n) is 6.85. The molecule has 2 aromatic rings. The molecule has 8 nitrogen and oxygen atoms in total. The summed E-state index contributed by atoms with van der Waals surface area (Å²) in [5.41, 5.74) is 1.11. The molecule has 150 valence electrons. The van der Waals surface area contributed by atoms with Gasteiger partial charge in [-0.25, -0.2) is 4.79 Å². The third-order valence-electron chi connectivity index (χ3n) is 4.74. The third-order valence-corrected chi connectivity index (χ3v) is 4.74. The summed E-state index contributed by atoms with van der Waals surface area (Å²) in [6.45, 7) is 1.31. The number of hydrogen-bond donors (Lipinski definition) is 1. The summed E-state index contributed by atoms with van der Waals surface area (Å²) < 4.78 is 16.3. The van der Waals surface area contributed by atoms with Gasteiger partial charge in [-0.05, 0) is 31.2 Å². The molecule has 0 aromatic heterocycles.